The summed E-state index contributed by atoms with van der Waals surface area (Å²) < 4.78 is 11.3. The van der Waals surface area contributed by atoms with E-state index in [9.17, 15) is 0 Å². The Labute approximate surface area is 129 Å². The van der Waals surface area contributed by atoms with Crippen LogP contribution in [0.2, 0.25) is 0 Å². The molecule has 0 amide bonds. The van der Waals surface area contributed by atoms with E-state index in [0.29, 0.717) is 19.8 Å². The van der Waals surface area contributed by atoms with E-state index in [1.165, 1.54) is 0 Å². The summed E-state index contributed by atoms with van der Waals surface area (Å²) in [5, 5.41) is 3.14. The summed E-state index contributed by atoms with van der Waals surface area (Å²) >= 11 is 1.65. The molecule has 21 heavy (non-hydrogen) atoms. The van der Waals surface area contributed by atoms with Crippen LogP contribution in [0.15, 0.2) is 17.5 Å². The van der Waals surface area contributed by atoms with E-state index in [1.54, 1.807) is 11.3 Å². The van der Waals surface area contributed by atoms with Crippen LogP contribution in [0.5, 0.6) is 11.5 Å². The van der Waals surface area contributed by atoms with Gasteiger partial charge in [-0.25, -0.2) is 4.98 Å². The minimum absolute atomic E-state index is 0.609. The van der Waals surface area contributed by atoms with Crippen LogP contribution in [-0.2, 0) is 6.42 Å². The number of nitrogens with zero attached hydrogens (tertiary/aromatic N) is 1. The summed E-state index contributed by atoms with van der Waals surface area (Å²) in [5.41, 5.74) is 8.78. The second kappa shape index (κ2) is 7.43. The molecule has 0 atom stereocenters. The minimum Gasteiger partial charge on any atom is -0.490 e. The average molecular weight is 306 g/mol. The normalized spacial score (nSPS) is 10.7. The molecule has 2 aromatic rings. The topological polar surface area (TPSA) is 57.4 Å². The molecule has 0 bridgehead atoms. The maximum atomic E-state index is 5.69. The number of benzene rings is 1. The van der Waals surface area contributed by atoms with Crippen LogP contribution in [-0.4, -0.2) is 24.7 Å². The van der Waals surface area contributed by atoms with E-state index < -0.39 is 0 Å². The van der Waals surface area contributed by atoms with Gasteiger partial charge in [0.1, 0.15) is 0 Å². The molecule has 1 aromatic heterocycles. The Balaban J connectivity index is 2.39. The zero-order valence-electron chi connectivity index (χ0n) is 12.8. The Morgan fingerprint density at radius 3 is 2.43 bits per heavy atom. The molecule has 0 saturated heterocycles. The minimum atomic E-state index is 0.609. The van der Waals surface area contributed by atoms with Crippen molar-refractivity contribution in [3.8, 4) is 22.8 Å². The van der Waals surface area contributed by atoms with E-state index in [0.717, 1.165) is 39.7 Å². The Morgan fingerprint density at radius 1 is 1.14 bits per heavy atom. The van der Waals surface area contributed by atoms with Gasteiger partial charge in [0, 0.05) is 17.4 Å². The highest BCUT2D eigenvalue weighted by Gasteiger charge is 2.13. The predicted octanol–water partition coefficient (Wildman–Crippen LogP) is 3.42. The number of hydrogen-bond acceptors (Lipinski definition) is 5. The first-order chi connectivity index (χ1) is 10.2. The highest BCUT2D eigenvalue weighted by molar-refractivity contribution is 7.09. The zero-order valence-corrected chi connectivity index (χ0v) is 13.6. The molecule has 0 saturated carbocycles. The average Bonchev–Trinajstić information content (AvgIpc) is 2.91. The van der Waals surface area contributed by atoms with Crippen molar-refractivity contribution >= 4 is 11.3 Å². The van der Waals surface area contributed by atoms with Crippen molar-refractivity contribution < 1.29 is 9.47 Å². The zero-order chi connectivity index (χ0) is 15.2. The summed E-state index contributed by atoms with van der Waals surface area (Å²) in [5.74, 6) is 1.56. The molecule has 0 fully saturated rings. The number of nitrogens with two attached hydrogens (primary N) is 1. The van der Waals surface area contributed by atoms with Gasteiger partial charge in [-0.2, -0.15) is 0 Å². The quantitative estimate of drug-likeness (QED) is 0.851. The molecule has 1 aromatic carbocycles. The van der Waals surface area contributed by atoms with E-state index in [1.807, 2.05) is 26.0 Å². The number of aryl methyl sites for hydroxylation is 1. The Kier molecular flexibility index (Phi) is 5.59. The van der Waals surface area contributed by atoms with Crippen molar-refractivity contribution in [2.24, 2.45) is 5.73 Å². The SMILES string of the molecule is CCOc1cc(C)c(-c2csc(CCN)n2)cc1OCC. The van der Waals surface area contributed by atoms with Gasteiger partial charge in [0.25, 0.3) is 0 Å². The maximum Gasteiger partial charge on any atom is 0.161 e. The van der Waals surface area contributed by atoms with Gasteiger partial charge in [0.15, 0.2) is 11.5 Å². The molecule has 2 rings (SSSR count). The standard InChI is InChI=1S/C16H22N2O2S/c1-4-19-14-8-11(3)12(9-15(14)20-5-2)13-10-21-16(18-13)6-7-17/h8-10H,4-7,17H2,1-3H3. The molecule has 0 aliphatic carbocycles. The van der Waals surface area contributed by atoms with E-state index in [4.69, 9.17) is 15.2 Å². The third kappa shape index (κ3) is 3.74. The van der Waals surface area contributed by atoms with Crippen molar-refractivity contribution in [3.63, 3.8) is 0 Å². The van der Waals surface area contributed by atoms with Crippen LogP contribution in [0.3, 0.4) is 0 Å². The Bertz CT molecular complexity index is 596. The van der Waals surface area contributed by atoms with Gasteiger partial charge >= 0.3 is 0 Å². The fourth-order valence-electron chi connectivity index (χ4n) is 2.15. The van der Waals surface area contributed by atoms with Crippen LogP contribution in [0.1, 0.15) is 24.4 Å². The fraction of sp³-hybridized carbons (Fsp3) is 0.438. The molecule has 1 heterocycles. The molecular weight excluding hydrogens is 284 g/mol. The molecule has 0 aliphatic heterocycles. The smallest absolute Gasteiger partial charge is 0.161 e. The number of hydrogen-bond donors (Lipinski definition) is 1. The first-order valence-corrected chi connectivity index (χ1v) is 8.12. The molecule has 0 unspecified atom stereocenters. The highest BCUT2D eigenvalue weighted by Crippen LogP contribution is 2.36. The lowest BCUT2D eigenvalue weighted by molar-refractivity contribution is 0.287. The lowest BCUT2D eigenvalue weighted by Crippen LogP contribution is -2.02. The van der Waals surface area contributed by atoms with Gasteiger partial charge in [0.2, 0.25) is 0 Å². The van der Waals surface area contributed by atoms with E-state index >= 15 is 0 Å². The molecular formula is C16H22N2O2S. The number of rotatable bonds is 7. The van der Waals surface area contributed by atoms with Crippen LogP contribution < -0.4 is 15.2 Å². The van der Waals surface area contributed by atoms with Gasteiger partial charge in [-0.3, -0.25) is 0 Å². The van der Waals surface area contributed by atoms with Gasteiger partial charge in [0.05, 0.1) is 23.9 Å². The molecule has 114 valence electrons. The number of thiazole rings is 1. The molecule has 2 N–H and O–H groups in total. The predicted molar refractivity (Wildman–Crippen MR) is 87.4 cm³/mol. The van der Waals surface area contributed by atoms with Crippen molar-refractivity contribution in [2.45, 2.75) is 27.2 Å². The Hall–Kier alpha value is -1.59. The largest absolute Gasteiger partial charge is 0.490 e. The molecule has 4 nitrogen and oxygen atoms in total. The third-order valence-electron chi connectivity index (χ3n) is 3.08. The summed E-state index contributed by atoms with van der Waals surface area (Å²) in [4.78, 5) is 4.65. The lowest BCUT2D eigenvalue weighted by atomic mass is 10.1. The number of aromatic nitrogens is 1. The third-order valence-corrected chi connectivity index (χ3v) is 3.98. The van der Waals surface area contributed by atoms with Crippen LogP contribution in [0.4, 0.5) is 0 Å². The first-order valence-electron chi connectivity index (χ1n) is 7.24. The summed E-state index contributed by atoms with van der Waals surface area (Å²) in [6.07, 6.45) is 0.819. The Morgan fingerprint density at radius 2 is 1.81 bits per heavy atom. The maximum absolute atomic E-state index is 5.69. The van der Waals surface area contributed by atoms with Crippen molar-refractivity contribution in [3.05, 3.63) is 28.1 Å². The van der Waals surface area contributed by atoms with Crippen LogP contribution in [0, 0.1) is 6.92 Å². The van der Waals surface area contributed by atoms with Gasteiger partial charge in [-0.05, 0) is 45.0 Å². The summed E-state index contributed by atoms with van der Waals surface area (Å²) in [7, 11) is 0. The fourth-order valence-corrected chi connectivity index (χ4v) is 2.96. The molecule has 0 radical (unpaired) electrons. The van der Waals surface area contributed by atoms with E-state index in [-0.39, 0.29) is 0 Å². The van der Waals surface area contributed by atoms with Gasteiger partial charge < -0.3 is 15.2 Å². The molecule has 0 aliphatic rings. The highest BCUT2D eigenvalue weighted by atomic mass is 32.1. The lowest BCUT2D eigenvalue weighted by Gasteiger charge is -2.14. The summed E-state index contributed by atoms with van der Waals surface area (Å²) in [6, 6.07) is 4.04. The molecule has 0 spiro atoms. The monoisotopic (exact) mass is 306 g/mol. The van der Waals surface area contributed by atoms with Gasteiger partial charge in [-0.1, -0.05) is 0 Å². The van der Waals surface area contributed by atoms with Crippen molar-refractivity contribution in [2.75, 3.05) is 19.8 Å². The molecule has 5 heteroatoms. The van der Waals surface area contributed by atoms with Crippen molar-refractivity contribution in [1.29, 1.82) is 0 Å². The van der Waals surface area contributed by atoms with Crippen LogP contribution in [0.25, 0.3) is 11.3 Å². The second-order valence-corrected chi connectivity index (χ2v) is 5.59. The van der Waals surface area contributed by atoms with Crippen LogP contribution >= 0.6 is 11.3 Å². The van der Waals surface area contributed by atoms with Crippen molar-refractivity contribution in [1.82, 2.24) is 4.98 Å². The van der Waals surface area contributed by atoms with E-state index in [2.05, 4.69) is 17.3 Å². The second-order valence-electron chi connectivity index (χ2n) is 4.65. The number of ether oxygens (including phenoxy) is 2. The first kappa shape index (κ1) is 15.8. The summed E-state index contributed by atoms with van der Waals surface area (Å²) in [6.45, 7) is 7.86. The van der Waals surface area contributed by atoms with Gasteiger partial charge in [-0.15, -0.1) is 11.3 Å².